The number of carbonyl (C=O) groups is 1. The molecule has 0 unspecified atom stereocenters. The molecule has 0 saturated carbocycles. The fourth-order valence-electron chi connectivity index (χ4n) is 2.56. The first-order valence-corrected chi connectivity index (χ1v) is 6.96. The zero-order chi connectivity index (χ0) is 13.7. The summed E-state index contributed by atoms with van der Waals surface area (Å²) in [6.45, 7) is 3.49. The molecule has 19 heavy (non-hydrogen) atoms. The van der Waals surface area contributed by atoms with Gasteiger partial charge in [0.1, 0.15) is 0 Å². The molecule has 1 aromatic carbocycles. The number of anilines is 1. The van der Waals surface area contributed by atoms with Crippen LogP contribution in [0.4, 0.5) is 5.69 Å². The number of hydrogen-bond acceptors (Lipinski definition) is 3. The number of aliphatic hydroxyl groups is 1. The number of amides is 1. The van der Waals surface area contributed by atoms with E-state index in [0.717, 1.165) is 31.5 Å². The lowest BCUT2D eigenvalue weighted by Crippen LogP contribution is -2.38. The third-order valence-corrected chi connectivity index (χ3v) is 3.68. The summed E-state index contributed by atoms with van der Waals surface area (Å²) in [6, 6.07) is 8.07. The van der Waals surface area contributed by atoms with Gasteiger partial charge in [-0.25, -0.2) is 0 Å². The van der Waals surface area contributed by atoms with Crippen LogP contribution in [0.5, 0.6) is 0 Å². The third-order valence-electron chi connectivity index (χ3n) is 3.68. The minimum atomic E-state index is -0.00592. The van der Waals surface area contributed by atoms with Crippen molar-refractivity contribution in [2.24, 2.45) is 0 Å². The molecule has 1 aliphatic rings. The lowest BCUT2D eigenvalue weighted by Gasteiger charge is -2.21. The molecule has 0 aromatic heterocycles. The Morgan fingerprint density at radius 2 is 2.37 bits per heavy atom. The summed E-state index contributed by atoms with van der Waals surface area (Å²) in [5.74, 6) is -0.00592. The van der Waals surface area contributed by atoms with Crippen molar-refractivity contribution in [2.45, 2.75) is 32.2 Å². The smallest absolute Gasteiger partial charge is 0.238 e. The summed E-state index contributed by atoms with van der Waals surface area (Å²) in [6.07, 6.45) is 3.00. The van der Waals surface area contributed by atoms with Crippen molar-refractivity contribution in [1.82, 2.24) is 4.90 Å². The lowest BCUT2D eigenvalue weighted by atomic mass is 10.1. The second-order valence-corrected chi connectivity index (χ2v) is 5.05. The molecular formula is C15H22N2O2. The van der Waals surface area contributed by atoms with Crippen molar-refractivity contribution in [3.63, 3.8) is 0 Å². The van der Waals surface area contributed by atoms with E-state index < -0.39 is 0 Å². The molecule has 1 aliphatic heterocycles. The van der Waals surface area contributed by atoms with Gasteiger partial charge in [0.15, 0.2) is 0 Å². The van der Waals surface area contributed by atoms with Crippen molar-refractivity contribution < 1.29 is 9.90 Å². The first-order valence-electron chi connectivity index (χ1n) is 6.96. The van der Waals surface area contributed by atoms with E-state index in [4.69, 9.17) is 0 Å². The number of benzene rings is 1. The quantitative estimate of drug-likeness (QED) is 0.848. The Hall–Kier alpha value is -1.39. The van der Waals surface area contributed by atoms with Crippen molar-refractivity contribution in [1.29, 1.82) is 0 Å². The van der Waals surface area contributed by atoms with E-state index in [9.17, 15) is 9.90 Å². The van der Waals surface area contributed by atoms with Gasteiger partial charge in [0.25, 0.3) is 0 Å². The molecule has 1 atom stereocenters. The Kier molecular flexibility index (Phi) is 4.93. The Labute approximate surface area is 114 Å². The molecule has 1 saturated heterocycles. The zero-order valence-corrected chi connectivity index (χ0v) is 11.4. The maximum Gasteiger partial charge on any atom is 0.238 e. The molecule has 4 heteroatoms. The predicted octanol–water partition coefficient (Wildman–Crippen LogP) is 1.64. The molecule has 1 fully saturated rings. The second kappa shape index (κ2) is 6.68. The minimum Gasteiger partial charge on any atom is -0.395 e. The third kappa shape index (κ3) is 3.78. The number of hydrogen-bond donors (Lipinski definition) is 2. The van der Waals surface area contributed by atoms with Crippen LogP contribution in [0.3, 0.4) is 0 Å². The highest BCUT2D eigenvalue weighted by atomic mass is 16.3. The van der Waals surface area contributed by atoms with Crippen LogP contribution in [0.1, 0.15) is 25.3 Å². The van der Waals surface area contributed by atoms with Gasteiger partial charge in [-0.15, -0.1) is 0 Å². The maximum atomic E-state index is 12.0. The van der Waals surface area contributed by atoms with Crippen LogP contribution in [0.2, 0.25) is 0 Å². The van der Waals surface area contributed by atoms with Crippen molar-refractivity contribution in [2.75, 3.05) is 25.0 Å². The van der Waals surface area contributed by atoms with Gasteiger partial charge in [-0.05, 0) is 43.5 Å². The van der Waals surface area contributed by atoms with E-state index in [1.54, 1.807) is 0 Å². The van der Waals surface area contributed by atoms with Crippen LogP contribution in [0, 0.1) is 0 Å². The Morgan fingerprint density at radius 1 is 1.53 bits per heavy atom. The van der Waals surface area contributed by atoms with Crippen LogP contribution in [0.25, 0.3) is 0 Å². The SMILES string of the molecule is CCc1cccc(NC(=O)CN2CCC[C@@H]2CO)c1. The molecule has 1 aromatic rings. The number of nitrogens with zero attached hydrogens (tertiary/aromatic N) is 1. The summed E-state index contributed by atoms with van der Waals surface area (Å²) < 4.78 is 0. The summed E-state index contributed by atoms with van der Waals surface area (Å²) >= 11 is 0. The summed E-state index contributed by atoms with van der Waals surface area (Å²) in [7, 11) is 0. The van der Waals surface area contributed by atoms with Gasteiger partial charge in [-0.1, -0.05) is 19.1 Å². The van der Waals surface area contributed by atoms with E-state index in [2.05, 4.69) is 23.2 Å². The largest absolute Gasteiger partial charge is 0.395 e. The van der Waals surface area contributed by atoms with Gasteiger partial charge in [0, 0.05) is 11.7 Å². The van der Waals surface area contributed by atoms with E-state index in [1.165, 1.54) is 5.56 Å². The maximum absolute atomic E-state index is 12.0. The molecule has 1 amide bonds. The minimum absolute atomic E-state index is 0.00592. The molecule has 0 bridgehead atoms. The lowest BCUT2D eigenvalue weighted by molar-refractivity contribution is -0.117. The van der Waals surface area contributed by atoms with Gasteiger partial charge in [0.2, 0.25) is 5.91 Å². The van der Waals surface area contributed by atoms with Crippen molar-refractivity contribution in [3.05, 3.63) is 29.8 Å². The van der Waals surface area contributed by atoms with E-state index in [1.807, 2.05) is 18.2 Å². The molecule has 104 valence electrons. The standard InChI is InChI=1S/C15H22N2O2/c1-2-12-5-3-6-13(9-12)16-15(19)10-17-8-4-7-14(17)11-18/h3,5-6,9,14,18H,2,4,7-8,10-11H2,1H3,(H,16,19)/t14-/m1/s1. The molecule has 4 nitrogen and oxygen atoms in total. The molecule has 2 rings (SSSR count). The molecule has 1 heterocycles. The number of carbonyl (C=O) groups excluding carboxylic acids is 1. The topological polar surface area (TPSA) is 52.6 Å². The molecule has 0 aliphatic carbocycles. The van der Waals surface area contributed by atoms with E-state index in [0.29, 0.717) is 6.54 Å². The Bertz CT molecular complexity index is 434. The Morgan fingerprint density at radius 3 is 3.11 bits per heavy atom. The number of aryl methyl sites for hydroxylation is 1. The fourth-order valence-corrected chi connectivity index (χ4v) is 2.56. The first-order chi connectivity index (χ1) is 9.22. The predicted molar refractivity (Wildman–Crippen MR) is 76.1 cm³/mol. The number of aliphatic hydroxyl groups excluding tert-OH is 1. The van der Waals surface area contributed by atoms with E-state index >= 15 is 0 Å². The molecular weight excluding hydrogens is 240 g/mol. The average molecular weight is 262 g/mol. The van der Waals surface area contributed by atoms with Crippen LogP contribution in [-0.2, 0) is 11.2 Å². The molecule has 2 N–H and O–H groups in total. The monoisotopic (exact) mass is 262 g/mol. The van der Waals surface area contributed by atoms with Gasteiger partial charge < -0.3 is 10.4 Å². The number of nitrogens with one attached hydrogen (secondary N) is 1. The zero-order valence-electron chi connectivity index (χ0n) is 11.4. The normalized spacial score (nSPS) is 19.6. The first kappa shape index (κ1) is 14.0. The highest BCUT2D eigenvalue weighted by Gasteiger charge is 2.25. The number of likely N-dealkylation sites (tertiary alicyclic amines) is 1. The van der Waals surface area contributed by atoms with Crippen molar-refractivity contribution in [3.8, 4) is 0 Å². The molecule has 0 spiro atoms. The fraction of sp³-hybridized carbons (Fsp3) is 0.533. The summed E-state index contributed by atoms with van der Waals surface area (Å²) in [4.78, 5) is 14.0. The van der Waals surface area contributed by atoms with Gasteiger partial charge in [-0.2, -0.15) is 0 Å². The van der Waals surface area contributed by atoms with E-state index in [-0.39, 0.29) is 18.6 Å². The highest BCUT2D eigenvalue weighted by Crippen LogP contribution is 2.16. The van der Waals surface area contributed by atoms with Crippen LogP contribution < -0.4 is 5.32 Å². The Balaban J connectivity index is 1.90. The second-order valence-electron chi connectivity index (χ2n) is 5.05. The number of rotatable bonds is 5. The van der Waals surface area contributed by atoms with Gasteiger partial charge in [-0.3, -0.25) is 9.69 Å². The van der Waals surface area contributed by atoms with Crippen molar-refractivity contribution >= 4 is 11.6 Å². The van der Waals surface area contributed by atoms with Crippen LogP contribution in [0.15, 0.2) is 24.3 Å². The van der Waals surface area contributed by atoms with Crippen LogP contribution >= 0.6 is 0 Å². The average Bonchev–Trinajstić information content (AvgIpc) is 2.86. The van der Waals surface area contributed by atoms with Gasteiger partial charge in [0.05, 0.1) is 13.2 Å². The summed E-state index contributed by atoms with van der Waals surface area (Å²) in [5.41, 5.74) is 2.07. The molecule has 0 radical (unpaired) electrons. The van der Waals surface area contributed by atoms with Gasteiger partial charge >= 0.3 is 0 Å². The summed E-state index contributed by atoms with van der Waals surface area (Å²) in [5, 5.41) is 12.2. The van der Waals surface area contributed by atoms with Crippen LogP contribution in [-0.4, -0.2) is 41.7 Å². The highest BCUT2D eigenvalue weighted by molar-refractivity contribution is 5.92.